The van der Waals surface area contributed by atoms with Crippen LogP contribution in [0.5, 0.6) is 0 Å². The largest absolute Gasteiger partial charge is 0.550 e. The highest BCUT2D eigenvalue weighted by Gasteiger charge is 2.01. The minimum atomic E-state index is -1.14. The zero-order chi connectivity index (χ0) is 7.56. The van der Waals surface area contributed by atoms with Crippen molar-refractivity contribution >= 4 is 5.97 Å². The summed E-state index contributed by atoms with van der Waals surface area (Å²) < 4.78 is 4.76. The number of oxazole rings is 1. The Bertz CT molecular complexity index is 241. The highest BCUT2D eigenvalue weighted by atomic mass is 16.4. The van der Waals surface area contributed by atoms with Crippen LogP contribution in [-0.4, -0.2) is 11.0 Å². The normalized spacial score (nSPS) is 9.70. The van der Waals surface area contributed by atoms with Crippen LogP contribution in [-0.2, 0) is 11.2 Å². The molecule has 0 atom stereocenters. The zero-order valence-corrected chi connectivity index (χ0v) is 5.46. The molecule has 1 rings (SSSR count). The fraction of sp³-hybridized carbons (Fsp3) is 0.333. The summed E-state index contributed by atoms with van der Waals surface area (Å²) >= 11 is 0. The molecule has 0 N–H and O–H groups in total. The number of carbonyl (C=O) groups excluding carboxylic acids is 1. The van der Waals surface area contributed by atoms with Crippen LogP contribution < -0.4 is 5.11 Å². The zero-order valence-electron chi connectivity index (χ0n) is 5.46. The molecule has 0 aromatic carbocycles. The fourth-order valence-corrected chi connectivity index (χ4v) is 0.635. The van der Waals surface area contributed by atoms with Crippen LogP contribution in [0.4, 0.5) is 0 Å². The number of aromatic nitrogens is 1. The van der Waals surface area contributed by atoms with E-state index >= 15 is 0 Å². The first-order chi connectivity index (χ1) is 4.70. The van der Waals surface area contributed by atoms with Crippen LogP contribution in [0, 0.1) is 6.92 Å². The van der Waals surface area contributed by atoms with Crippen molar-refractivity contribution in [2.45, 2.75) is 13.3 Å². The van der Waals surface area contributed by atoms with Gasteiger partial charge in [-0.2, -0.15) is 0 Å². The lowest BCUT2D eigenvalue weighted by molar-refractivity contribution is -0.304. The Kier molecular flexibility index (Phi) is 1.71. The molecule has 0 saturated heterocycles. The van der Waals surface area contributed by atoms with Crippen molar-refractivity contribution in [1.29, 1.82) is 0 Å². The number of aryl methyl sites for hydroxylation is 1. The van der Waals surface area contributed by atoms with E-state index in [0.717, 1.165) is 0 Å². The highest BCUT2D eigenvalue weighted by molar-refractivity contribution is 5.67. The molecule has 0 bridgehead atoms. The van der Waals surface area contributed by atoms with Gasteiger partial charge in [0.1, 0.15) is 5.76 Å². The van der Waals surface area contributed by atoms with E-state index < -0.39 is 5.97 Å². The van der Waals surface area contributed by atoms with Crippen LogP contribution in [0.15, 0.2) is 10.8 Å². The molecule has 4 nitrogen and oxygen atoms in total. The molecule has 0 aliphatic carbocycles. The molecular weight excluding hydrogens is 134 g/mol. The molecule has 1 heterocycles. The van der Waals surface area contributed by atoms with E-state index in [1.807, 2.05) is 0 Å². The van der Waals surface area contributed by atoms with E-state index in [0.29, 0.717) is 11.5 Å². The second-order valence-electron chi connectivity index (χ2n) is 1.90. The quantitative estimate of drug-likeness (QED) is 0.543. The third-order valence-corrected chi connectivity index (χ3v) is 1.16. The van der Waals surface area contributed by atoms with E-state index in [4.69, 9.17) is 4.42 Å². The third-order valence-electron chi connectivity index (χ3n) is 1.16. The van der Waals surface area contributed by atoms with Crippen LogP contribution >= 0.6 is 0 Å². The van der Waals surface area contributed by atoms with Gasteiger partial charge in [-0.3, -0.25) is 0 Å². The molecule has 0 amide bonds. The smallest absolute Gasteiger partial charge is 0.181 e. The number of hydrogen-bond acceptors (Lipinski definition) is 4. The summed E-state index contributed by atoms with van der Waals surface area (Å²) in [5.41, 5.74) is 0.431. The van der Waals surface area contributed by atoms with Crippen molar-refractivity contribution in [2.24, 2.45) is 0 Å². The van der Waals surface area contributed by atoms with Gasteiger partial charge in [0.15, 0.2) is 6.39 Å². The first-order valence-electron chi connectivity index (χ1n) is 2.79. The van der Waals surface area contributed by atoms with Gasteiger partial charge >= 0.3 is 0 Å². The molecule has 54 valence electrons. The van der Waals surface area contributed by atoms with Gasteiger partial charge in [0, 0.05) is 12.4 Å². The topological polar surface area (TPSA) is 66.2 Å². The number of carboxylic acids is 1. The molecule has 0 aliphatic rings. The molecule has 0 radical (unpaired) electrons. The lowest BCUT2D eigenvalue weighted by atomic mass is 10.3. The summed E-state index contributed by atoms with van der Waals surface area (Å²) in [5, 5.41) is 10.0. The van der Waals surface area contributed by atoms with E-state index in [2.05, 4.69) is 4.98 Å². The summed E-state index contributed by atoms with van der Waals surface area (Å²) in [6.07, 6.45) is 1.04. The van der Waals surface area contributed by atoms with Crippen LogP contribution in [0.25, 0.3) is 0 Å². The van der Waals surface area contributed by atoms with Gasteiger partial charge in [0.25, 0.3) is 0 Å². The lowest BCUT2D eigenvalue weighted by Gasteiger charge is -1.96. The molecular formula is C6H6NO3-. The van der Waals surface area contributed by atoms with Crippen molar-refractivity contribution in [2.75, 3.05) is 0 Å². The van der Waals surface area contributed by atoms with E-state index in [9.17, 15) is 9.90 Å². The molecule has 0 unspecified atom stereocenters. The second-order valence-corrected chi connectivity index (χ2v) is 1.90. The van der Waals surface area contributed by atoms with Crippen LogP contribution in [0.3, 0.4) is 0 Å². The van der Waals surface area contributed by atoms with Gasteiger partial charge in [0.2, 0.25) is 0 Å². The van der Waals surface area contributed by atoms with Crippen LogP contribution in [0.2, 0.25) is 0 Å². The average molecular weight is 140 g/mol. The van der Waals surface area contributed by atoms with Gasteiger partial charge < -0.3 is 14.3 Å². The van der Waals surface area contributed by atoms with Gasteiger partial charge in [-0.05, 0) is 6.92 Å². The number of hydrogen-bond donors (Lipinski definition) is 0. The van der Waals surface area contributed by atoms with Crippen molar-refractivity contribution in [3.8, 4) is 0 Å². The number of aliphatic carboxylic acids is 1. The molecule has 10 heavy (non-hydrogen) atoms. The predicted molar refractivity (Wildman–Crippen MR) is 30.0 cm³/mol. The minimum absolute atomic E-state index is 0.178. The number of carboxylic acid groups (broad SMARTS) is 1. The molecule has 0 aliphatic heterocycles. The van der Waals surface area contributed by atoms with E-state index in [1.165, 1.54) is 6.39 Å². The van der Waals surface area contributed by atoms with E-state index in [-0.39, 0.29) is 6.42 Å². The molecule has 0 saturated carbocycles. The van der Waals surface area contributed by atoms with Gasteiger partial charge in [0.05, 0.1) is 5.69 Å². The maximum absolute atomic E-state index is 10.0. The highest BCUT2D eigenvalue weighted by Crippen LogP contribution is 2.03. The summed E-state index contributed by atoms with van der Waals surface area (Å²) in [6, 6.07) is 0. The second kappa shape index (κ2) is 2.51. The Morgan fingerprint density at radius 1 is 1.90 bits per heavy atom. The minimum Gasteiger partial charge on any atom is -0.550 e. The lowest BCUT2D eigenvalue weighted by Crippen LogP contribution is -2.24. The Hall–Kier alpha value is -1.32. The van der Waals surface area contributed by atoms with Crippen molar-refractivity contribution < 1.29 is 14.3 Å². The van der Waals surface area contributed by atoms with Gasteiger partial charge in [-0.15, -0.1) is 0 Å². The monoisotopic (exact) mass is 140 g/mol. The van der Waals surface area contributed by atoms with Crippen molar-refractivity contribution in [3.63, 3.8) is 0 Å². The molecule has 4 heteroatoms. The van der Waals surface area contributed by atoms with Crippen LogP contribution in [0.1, 0.15) is 11.5 Å². The van der Waals surface area contributed by atoms with E-state index in [1.54, 1.807) is 6.92 Å². The first-order valence-corrected chi connectivity index (χ1v) is 2.79. The summed E-state index contributed by atoms with van der Waals surface area (Å²) in [4.78, 5) is 13.7. The molecule has 1 aromatic heterocycles. The molecule has 1 aromatic rings. The Morgan fingerprint density at radius 2 is 2.60 bits per heavy atom. The number of rotatable bonds is 2. The first kappa shape index (κ1) is 6.80. The Morgan fingerprint density at radius 3 is 3.00 bits per heavy atom. The maximum Gasteiger partial charge on any atom is 0.181 e. The summed E-state index contributed by atoms with van der Waals surface area (Å²) in [5.74, 6) is -0.610. The van der Waals surface area contributed by atoms with Crippen molar-refractivity contribution in [3.05, 3.63) is 17.8 Å². The maximum atomic E-state index is 10.0. The number of carbonyl (C=O) groups is 1. The van der Waals surface area contributed by atoms with Crippen molar-refractivity contribution in [1.82, 2.24) is 4.98 Å². The fourth-order valence-electron chi connectivity index (χ4n) is 0.635. The molecule has 0 spiro atoms. The Labute approximate surface area is 57.5 Å². The SMILES string of the molecule is Cc1ocnc1CC(=O)[O-]. The summed E-state index contributed by atoms with van der Waals surface area (Å²) in [6.45, 7) is 1.66. The number of nitrogens with zero attached hydrogens (tertiary/aromatic N) is 1. The summed E-state index contributed by atoms with van der Waals surface area (Å²) in [7, 11) is 0. The van der Waals surface area contributed by atoms with Gasteiger partial charge in [-0.1, -0.05) is 0 Å². The standard InChI is InChI=1S/C6H7NO3/c1-4-5(2-6(8)9)7-3-10-4/h3H,2H2,1H3,(H,8,9)/p-1. The third kappa shape index (κ3) is 1.34. The molecule has 0 fully saturated rings. The Balaban J connectivity index is 2.74. The average Bonchev–Trinajstić information content (AvgIpc) is 2.15. The van der Waals surface area contributed by atoms with Gasteiger partial charge in [-0.25, -0.2) is 4.98 Å². The predicted octanol–water partition coefficient (Wildman–Crippen LogP) is -0.725.